The summed E-state index contributed by atoms with van der Waals surface area (Å²) in [5.74, 6) is 1.13. The molecule has 1 unspecified atom stereocenters. The minimum absolute atomic E-state index is 0.301. The van der Waals surface area contributed by atoms with Gasteiger partial charge in [-0.25, -0.2) is 0 Å². The third-order valence-electron chi connectivity index (χ3n) is 8.04. The smallest absolute Gasteiger partial charge is 0.248 e. The lowest BCUT2D eigenvalue weighted by atomic mass is 9.84. The number of hydrogen-bond acceptors (Lipinski definition) is 3. The first-order valence-electron chi connectivity index (χ1n) is 12.7. The molecule has 0 aromatic heterocycles. The molecule has 5 nitrogen and oxygen atoms in total. The number of amides is 2. The SMILES string of the molecule is CC(C)(C)C(=O)N(CCN1[C@@H]2CC[C@H]1CC(c1cccc(C(N)=O)c1)C2)CC1CCCC1. The van der Waals surface area contributed by atoms with Gasteiger partial charge in [-0.2, -0.15) is 0 Å². The number of benzene rings is 1. The highest BCUT2D eigenvalue weighted by molar-refractivity contribution is 5.92. The summed E-state index contributed by atoms with van der Waals surface area (Å²) in [4.78, 5) is 29.7. The topological polar surface area (TPSA) is 66.6 Å². The number of nitrogens with two attached hydrogens (primary N) is 1. The predicted molar refractivity (Wildman–Crippen MR) is 128 cm³/mol. The van der Waals surface area contributed by atoms with Crippen LogP contribution in [0.1, 0.15) is 94.0 Å². The molecule has 1 aliphatic carbocycles. The number of carbonyl (C=O) groups excluding carboxylic acids is 2. The van der Waals surface area contributed by atoms with Crippen LogP contribution in [0.25, 0.3) is 0 Å². The second-order valence-electron chi connectivity index (χ2n) is 11.4. The van der Waals surface area contributed by atoms with Crippen LogP contribution in [0.4, 0.5) is 0 Å². The first-order chi connectivity index (χ1) is 15.2. The standard InChI is InChI=1S/C27H41N3O2/c1-27(2,3)26(32)29(18-19-7-4-5-8-19)13-14-30-23-11-12-24(30)17-22(16-23)20-9-6-10-21(15-20)25(28)31/h6,9-10,15,19,22-24H,4-5,7-8,11-14,16-18H2,1-3H3,(H2,28,31)/t22?,23-,24+. The van der Waals surface area contributed by atoms with Crippen molar-refractivity contribution in [3.05, 3.63) is 35.4 Å². The highest BCUT2D eigenvalue weighted by Gasteiger charge is 2.41. The molecule has 2 bridgehead atoms. The summed E-state index contributed by atoms with van der Waals surface area (Å²) in [5, 5.41) is 0. The zero-order chi connectivity index (χ0) is 22.9. The van der Waals surface area contributed by atoms with E-state index in [9.17, 15) is 9.59 Å². The van der Waals surface area contributed by atoms with E-state index in [4.69, 9.17) is 5.73 Å². The predicted octanol–water partition coefficient (Wildman–Crippen LogP) is 4.56. The molecular formula is C27H41N3O2. The van der Waals surface area contributed by atoms with E-state index in [0.29, 0.717) is 35.4 Å². The average Bonchev–Trinajstić information content (AvgIpc) is 3.34. The van der Waals surface area contributed by atoms with Crippen LogP contribution in [0.5, 0.6) is 0 Å². The number of fused-ring (bicyclic) bond motifs is 2. The number of nitrogens with zero attached hydrogens (tertiary/aromatic N) is 2. The fourth-order valence-corrected chi connectivity index (χ4v) is 6.35. The Morgan fingerprint density at radius 1 is 1.06 bits per heavy atom. The second kappa shape index (κ2) is 9.54. The van der Waals surface area contributed by atoms with Gasteiger partial charge in [0, 0.05) is 42.7 Å². The van der Waals surface area contributed by atoms with Crippen LogP contribution < -0.4 is 5.73 Å². The fraction of sp³-hybridized carbons (Fsp3) is 0.704. The van der Waals surface area contributed by atoms with E-state index in [1.54, 1.807) is 6.07 Å². The molecule has 2 N–H and O–H groups in total. The summed E-state index contributed by atoms with van der Waals surface area (Å²) >= 11 is 0. The van der Waals surface area contributed by atoms with Gasteiger partial charge in [-0.3, -0.25) is 14.5 Å². The lowest BCUT2D eigenvalue weighted by Gasteiger charge is -2.41. The van der Waals surface area contributed by atoms with Crippen molar-refractivity contribution < 1.29 is 9.59 Å². The van der Waals surface area contributed by atoms with Crippen molar-refractivity contribution in [3.8, 4) is 0 Å². The Kier molecular flexibility index (Phi) is 6.94. The van der Waals surface area contributed by atoms with E-state index >= 15 is 0 Å². The van der Waals surface area contributed by atoms with Gasteiger partial charge in [0.15, 0.2) is 0 Å². The highest BCUT2D eigenvalue weighted by Crippen LogP contribution is 2.43. The van der Waals surface area contributed by atoms with E-state index in [-0.39, 0.29) is 11.3 Å². The molecule has 4 rings (SSSR count). The zero-order valence-electron chi connectivity index (χ0n) is 20.2. The van der Waals surface area contributed by atoms with Crippen LogP contribution in [-0.4, -0.2) is 53.3 Å². The van der Waals surface area contributed by atoms with Crippen LogP contribution in [0, 0.1) is 11.3 Å². The van der Waals surface area contributed by atoms with Crippen molar-refractivity contribution in [2.45, 2.75) is 90.1 Å². The van der Waals surface area contributed by atoms with Crippen molar-refractivity contribution in [1.29, 1.82) is 0 Å². The normalized spacial score (nSPS) is 26.4. The van der Waals surface area contributed by atoms with Crippen molar-refractivity contribution in [2.24, 2.45) is 17.1 Å². The number of piperidine rings is 1. The molecular weight excluding hydrogens is 398 g/mol. The van der Waals surface area contributed by atoms with Gasteiger partial charge < -0.3 is 10.6 Å². The molecule has 0 radical (unpaired) electrons. The molecule has 0 spiro atoms. The van der Waals surface area contributed by atoms with Gasteiger partial charge in [0.1, 0.15) is 0 Å². The first-order valence-corrected chi connectivity index (χ1v) is 12.7. The molecule has 2 heterocycles. The third kappa shape index (κ3) is 5.19. The second-order valence-corrected chi connectivity index (χ2v) is 11.4. The maximum Gasteiger partial charge on any atom is 0.248 e. The molecule has 176 valence electrons. The molecule has 2 amide bonds. The molecule has 2 aliphatic heterocycles. The summed E-state index contributed by atoms with van der Waals surface area (Å²) in [7, 11) is 0. The van der Waals surface area contributed by atoms with Crippen molar-refractivity contribution in [2.75, 3.05) is 19.6 Å². The Morgan fingerprint density at radius 2 is 1.72 bits per heavy atom. The van der Waals surface area contributed by atoms with E-state index in [1.165, 1.54) is 44.1 Å². The van der Waals surface area contributed by atoms with Crippen molar-refractivity contribution in [1.82, 2.24) is 9.80 Å². The summed E-state index contributed by atoms with van der Waals surface area (Å²) in [5.41, 5.74) is 7.04. The van der Waals surface area contributed by atoms with Crippen LogP contribution >= 0.6 is 0 Å². The number of primary amides is 1. The van der Waals surface area contributed by atoms with Gasteiger partial charge in [-0.05, 0) is 68.1 Å². The van der Waals surface area contributed by atoms with Gasteiger partial charge in [-0.1, -0.05) is 45.7 Å². The van der Waals surface area contributed by atoms with Crippen molar-refractivity contribution in [3.63, 3.8) is 0 Å². The van der Waals surface area contributed by atoms with E-state index in [0.717, 1.165) is 32.5 Å². The Labute approximate surface area is 193 Å². The van der Waals surface area contributed by atoms with Gasteiger partial charge in [0.25, 0.3) is 0 Å². The lowest BCUT2D eigenvalue weighted by molar-refractivity contribution is -0.140. The molecule has 3 fully saturated rings. The highest BCUT2D eigenvalue weighted by atomic mass is 16.2. The van der Waals surface area contributed by atoms with Crippen LogP contribution in [-0.2, 0) is 4.79 Å². The zero-order valence-corrected chi connectivity index (χ0v) is 20.2. The molecule has 5 heteroatoms. The summed E-state index contributed by atoms with van der Waals surface area (Å²) in [6, 6.07) is 9.07. The lowest BCUT2D eigenvalue weighted by Crippen LogP contribution is -2.49. The van der Waals surface area contributed by atoms with Gasteiger partial charge in [0.05, 0.1) is 0 Å². The summed E-state index contributed by atoms with van der Waals surface area (Å²) in [6.45, 7) is 8.91. The Balaban J connectivity index is 1.40. The monoisotopic (exact) mass is 439 g/mol. The summed E-state index contributed by atoms with van der Waals surface area (Å²) in [6.07, 6.45) is 9.93. The molecule has 1 aromatic carbocycles. The number of rotatable bonds is 7. The van der Waals surface area contributed by atoms with Crippen LogP contribution in [0.15, 0.2) is 24.3 Å². The average molecular weight is 440 g/mol. The minimum atomic E-state index is -0.349. The van der Waals surface area contributed by atoms with E-state index in [2.05, 4.69) is 15.9 Å². The van der Waals surface area contributed by atoms with E-state index < -0.39 is 0 Å². The molecule has 3 aliphatic rings. The Morgan fingerprint density at radius 3 is 2.31 bits per heavy atom. The quantitative estimate of drug-likeness (QED) is 0.677. The first kappa shape index (κ1) is 23.3. The van der Waals surface area contributed by atoms with Gasteiger partial charge in [-0.15, -0.1) is 0 Å². The van der Waals surface area contributed by atoms with Crippen LogP contribution in [0.3, 0.4) is 0 Å². The largest absolute Gasteiger partial charge is 0.366 e. The Bertz CT molecular complexity index is 810. The summed E-state index contributed by atoms with van der Waals surface area (Å²) < 4.78 is 0. The molecule has 1 saturated carbocycles. The minimum Gasteiger partial charge on any atom is -0.366 e. The van der Waals surface area contributed by atoms with Gasteiger partial charge in [0.2, 0.25) is 11.8 Å². The molecule has 1 aromatic rings. The maximum absolute atomic E-state index is 13.2. The van der Waals surface area contributed by atoms with Crippen molar-refractivity contribution >= 4 is 11.8 Å². The Hall–Kier alpha value is -1.88. The third-order valence-corrected chi connectivity index (χ3v) is 8.04. The fourth-order valence-electron chi connectivity index (χ4n) is 6.35. The number of hydrogen-bond donors (Lipinski definition) is 1. The van der Waals surface area contributed by atoms with Gasteiger partial charge >= 0.3 is 0 Å². The molecule has 32 heavy (non-hydrogen) atoms. The molecule has 2 saturated heterocycles. The van der Waals surface area contributed by atoms with Crippen LogP contribution in [0.2, 0.25) is 0 Å². The van der Waals surface area contributed by atoms with E-state index in [1.807, 2.05) is 32.9 Å². The maximum atomic E-state index is 13.2. The molecule has 3 atom stereocenters. The number of carbonyl (C=O) groups is 2.